The Labute approximate surface area is 175 Å². The molecule has 154 valence electrons. The molecule has 0 saturated carbocycles. The van der Waals surface area contributed by atoms with Crippen molar-refractivity contribution in [2.75, 3.05) is 13.2 Å². The van der Waals surface area contributed by atoms with E-state index in [0.717, 1.165) is 5.56 Å². The summed E-state index contributed by atoms with van der Waals surface area (Å²) in [5.41, 5.74) is 3.21. The summed E-state index contributed by atoms with van der Waals surface area (Å²) in [5.74, 6) is 0.246. The van der Waals surface area contributed by atoms with Crippen LogP contribution in [-0.4, -0.2) is 44.0 Å². The molecule has 29 heavy (non-hydrogen) atoms. The van der Waals surface area contributed by atoms with Crippen molar-refractivity contribution < 1.29 is 17.9 Å². The van der Waals surface area contributed by atoms with Crippen LogP contribution in [0.25, 0.3) is 0 Å². The van der Waals surface area contributed by atoms with Gasteiger partial charge in [-0.25, -0.2) is 13.8 Å². The fourth-order valence-corrected chi connectivity index (χ4v) is 4.91. The molecule has 1 heterocycles. The molecule has 1 fully saturated rings. The third-order valence-corrected chi connectivity index (χ3v) is 6.66. The minimum absolute atomic E-state index is 0.109. The van der Waals surface area contributed by atoms with Crippen LogP contribution in [0.3, 0.4) is 0 Å². The van der Waals surface area contributed by atoms with Gasteiger partial charge in [0.05, 0.1) is 17.7 Å². The van der Waals surface area contributed by atoms with Crippen LogP contribution in [0.15, 0.2) is 58.5 Å². The van der Waals surface area contributed by atoms with Gasteiger partial charge in [0.1, 0.15) is 11.8 Å². The van der Waals surface area contributed by atoms with Gasteiger partial charge in [0.25, 0.3) is 5.91 Å². The van der Waals surface area contributed by atoms with Gasteiger partial charge in [-0.2, -0.15) is 9.41 Å². The number of carbonyl (C=O) groups is 1. The lowest BCUT2D eigenvalue weighted by Gasteiger charge is -2.22. The van der Waals surface area contributed by atoms with E-state index in [1.54, 1.807) is 6.07 Å². The molecule has 0 radical (unpaired) electrons. The highest BCUT2D eigenvalue weighted by Crippen LogP contribution is 2.27. The lowest BCUT2D eigenvalue weighted by atomic mass is 10.2. The quantitative estimate of drug-likeness (QED) is 0.534. The topological polar surface area (TPSA) is 88.1 Å². The zero-order valence-corrected chi connectivity index (χ0v) is 17.5. The van der Waals surface area contributed by atoms with E-state index in [9.17, 15) is 13.2 Å². The fourth-order valence-electron chi connectivity index (χ4n) is 3.13. The first-order chi connectivity index (χ1) is 13.9. The van der Waals surface area contributed by atoms with Crippen molar-refractivity contribution in [3.05, 3.63) is 59.1 Å². The van der Waals surface area contributed by atoms with Crippen LogP contribution >= 0.6 is 11.6 Å². The van der Waals surface area contributed by atoms with Gasteiger partial charge < -0.3 is 4.74 Å². The van der Waals surface area contributed by atoms with Crippen LogP contribution in [0.4, 0.5) is 0 Å². The number of hydrazone groups is 1. The summed E-state index contributed by atoms with van der Waals surface area (Å²) in [4.78, 5) is 12.7. The molecule has 0 aromatic heterocycles. The average molecular weight is 436 g/mol. The van der Waals surface area contributed by atoms with Gasteiger partial charge in [-0.05, 0) is 61.7 Å². The second-order valence-corrected chi connectivity index (χ2v) is 8.79. The van der Waals surface area contributed by atoms with Crippen molar-refractivity contribution in [2.45, 2.75) is 30.7 Å². The van der Waals surface area contributed by atoms with Crippen LogP contribution in [0.2, 0.25) is 5.02 Å². The van der Waals surface area contributed by atoms with Crippen molar-refractivity contribution in [1.29, 1.82) is 0 Å². The van der Waals surface area contributed by atoms with Gasteiger partial charge in [-0.3, -0.25) is 4.79 Å². The number of amides is 1. The van der Waals surface area contributed by atoms with Crippen LogP contribution in [0.5, 0.6) is 5.75 Å². The first kappa shape index (κ1) is 21.3. The van der Waals surface area contributed by atoms with Gasteiger partial charge in [-0.15, -0.1) is 0 Å². The standard InChI is InChI=1S/C20H22ClN3O4S/c1-2-28-17-6-3-5-15(13-17)14-22-23-20(25)19-7-4-12-24(19)29(26,27)18-10-8-16(21)9-11-18/h3,5-6,8-11,13-14,19H,2,4,7,12H2,1H3,(H,23,25)/t19-/m0/s1. The number of hydrogen-bond donors (Lipinski definition) is 1. The fraction of sp³-hybridized carbons (Fsp3) is 0.300. The maximum Gasteiger partial charge on any atom is 0.258 e. The molecule has 2 aromatic carbocycles. The summed E-state index contributed by atoms with van der Waals surface area (Å²) in [6, 6.07) is 12.4. The van der Waals surface area contributed by atoms with E-state index in [4.69, 9.17) is 16.3 Å². The van der Waals surface area contributed by atoms with Gasteiger partial charge in [0.15, 0.2) is 0 Å². The highest BCUT2D eigenvalue weighted by Gasteiger charge is 2.39. The molecular weight excluding hydrogens is 414 g/mol. The Morgan fingerprint density at radius 1 is 1.31 bits per heavy atom. The molecule has 1 atom stereocenters. The molecule has 2 aromatic rings. The minimum atomic E-state index is -3.79. The van der Waals surface area contributed by atoms with Crippen molar-refractivity contribution in [3.63, 3.8) is 0 Å². The Morgan fingerprint density at radius 2 is 2.07 bits per heavy atom. The summed E-state index contributed by atoms with van der Waals surface area (Å²) in [6.45, 7) is 2.73. The number of benzene rings is 2. The first-order valence-electron chi connectivity index (χ1n) is 9.25. The number of halogens is 1. The predicted octanol–water partition coefficient (Wildman–Crippen LogP) is 3.04. The van der Waals surface area contributed by atoms with Crippen molar-refractivity contribution in [3.8, 4) is 5.75 Å². The zero-order chi connectivity index (χ0) is 20.9. The lowest BCUT2D eigenvalue weighted by Crippen LogP contribution is -2.44. The predicted molar refractivity (Wildman–Crippen MR) is 112 cm³/mol. The van der Waals surface area contributed by atoms with Crippen LogP contribution in [0, 0.1) is 0 Å². The maximum atomic E-state index is 12.9. The smallest absolute Gasteiger partial charge is 0.258 e. The molecule has 0 unspecified atom stereocenters. The normalized spacial score (nSPS) is 17.5. The maximum absolute atomic E-state index is 12.9. The third kappa shape index (κ3) is 5.14. The largest absolute Gasteiger partial charge is 0.494 e. The highest BCUT2D eigenvalue weighted by molar-refractivity contribution is 7.89. The average Bonchev–Trinajstić information content (AvgIpc) is 3.20. The Bertz CT molecular complexity index is 993. The molecule has 1 saturated heterocycles. The summed E-state index contributed by atoms with van der Waals surface area (Å²) in [6.07, 6.45) is 2.53. The van der Waals surface area contributed by atoms with E-state index in [1.165, 1.54) is 34.8 Å². The Kier molecular flexibility index (Phi) is 6.89. The number of nitrogens with zero attached hydrogens (tertiary/aromatic N) is 2. The number of rotatable bonds is 7. The molecule has 7 nitrogen and oxygen atoms in total. The molecule has 1 aliphatic heterocycles. The van der Waals surface area contributed by atoms with Gasteiger partial charge in [0.2, 0.25) is 10.0 Å². The zero-order valence-electron chi connectivity index (χ0n) is 15.9. The van der Waals surface area contributed by atoms with Crippen molar-refractivity contribution >= 4 is 33.7 Å². The van der Waals surface area contributed by atoms with Crippen LogP contribution in [0.1, 0.15) is 25.3 Å². The van der Waals surface area contributed by atoms with E-state index >= 15 is 0 Å². The Balaban J connectivity index is 1.68. The Morgan fingerprint density at radius 3 is 2.79 bits per heavy atom. The molecule has 1 amide bonds. The molecule has 1 aliphatic rings. The Hall–Kier alpha value is -2.42. The van der Waals surface area contributed by atoms with Crippen molar-refractivity contribution in [2.24, 2.45) is 5.10 Å². The number of hydrogen-bond acceptors (Lipinski definition) is 5. The van der Waals surface area contributed by atoms with Crippen LogP contribution in [-0.2, 0) is 14.8 Å². The second-order valence-electron chi connectivity index (χ2n) is 6.47. The summed E-state index contributed by atoms with van der Waals surface area (Å²) in [7, 11) is -3.79. The van der Waals surface area contributed by atoms with E-state index in [2.05, 4.69) is 10.5 Å². The molecule has 9 heteroatoms. The number of ether oxygens (including phenoxy) is 1. The third-order valence-electron chi connectivity index (χ3n) is 4.48. The summed E-state index contributed by atoms with van der Waals surface area (Å²) < 4.78 is 32.5. The second kappa shape index (κ2) is 9.39. The van der Waals surface area contributed by atoms with Gasteiger partial charge in [-0.1, -0.05) is 23.7 Å². The number of sulfonamides is 1. The highest BCUT2D eigenvalue weighted by atomic mass is 35.5. The molecule has 0 bridgehead atoms. The monoisotopic (exact) mass is 435 g/mol. The molecule has 0 spiro atoms. The summed E-state index contributed by atoms with van der Waals surface area (Å²) >= 11 is 5.84. The molecule has 0 aliphatic carbocycles. The van der Waals surface area contributed by atoms with E-state index in [1.807, 2.05) is 25.1 Å². The lowest BCUT2D eigenvalue weighted by molar-refractivity contribution is -0.124. The minimum Gasteiger partial charge on any atom is -0.494 e. The van der Waals surface area contributed by atoms with Crippen LogP contribution < -0.4 is 10.2 Å². The first-order valence-corrected chi connectivity index (χ1v) is 11.1. The van der Waals surface area contributed by atoms with E-state index in [-0.39, 0.29) is 11.4 Å². The molecular formula is C20H22ClN3O4S. The SMILES string of the molecule is CCOc1cccc(C=NNC(=O)[C@@H]2CCCN2S(=O)(=O)c2ccc(Cl)cc2)c1. The van der Waals surface area contributed by atoms with E-state index in [0.29, 0.717) is 30.2 Å². The van der Waals surface area contributed by atoms with Gasteiger partial charge in [0, 0.05) is 11.6 Å². The van der Waals surface area contributed by atoms with Crippen molar-refractivity contribution in [1.82, 2.24) is 9.73 Å². The number of nitrogens with one attached hydrogen (secondary N) is 1. The summed E-state index contributed by atoms with van der Waals surface area (Å²) in [5, 5.41) is 4.42. The molecule has 3 rings (SSSR count). The molecule has 1 N–H and O–H groups in total. The van der Waals surface area contributed by atoms with Gasteiger partial charge >= 0.3 is 0 Å². The van der Waals surface area contributed by atoms with E-state index < -0.39 is 22.0 Å². The number of carbonyl (C=O) groups excluding carboxylic acids is 1.